The number of carbonyl (C=O) groups excluding carboxylic acids is 4. The highest BCUT2D eigenvalue weighted by Gasteiger charge is 2.32. The van der Waals surface area contributed by atoms with Crippen molar-refractivity contribution in [2.24, 2.45) is 17.6 Å². The fourth-order valence-corrected chi connectivity index (χ4v) is 3.95. The summed E-state index contributed by atoms with van der Waals surface area (Å²) in [6, 6.07) is 4.80. The molecule has 4 amide bonds. The average molecular weight is 516 g/mol. The maximum absolute atomic E-state index is 13.5. The van der Waals surface area contributed by atoms with Crippen LogP contribution in [0.4, 0.5) is 4.79 Å². The molecule has 2 rings (SSSR count). The maximum Gasteiger partial charge on any atom is 0.408 e. The van der Waals surface area contributed by atoms with Crippen LogP contribution < -0.4 is 21.7 Å². The Morgan fingerprint density at radius 3 is 2.16 bits per heavy atom. The van der Waals surface area contributed by atoms with E-state index >= 15 is 0 Å². The van der Waals surface area contributed by atoms with Crippen LogP contribution in [0, 0.1) is 11.8 Å². The molecule has 0 spiro atoms. The van der Waals surface area contributed by atoms with Gasteiger partial charge in [0, 0.05) is 23.5 Å². The number of nitrogens with two attached hydrogens (primary N) is 1. The van der Waals surface area contributed by atoms with Gasteiger partial charge in [-0.05, 0) is 50.7 Å². The van der Waals surface area contributed by atoms with Crippen LogP contribution in [0.5, 0.6) is 0 Å². The number of primary amides is 1. The van der Waals surface area contributed by atoms with Crippen molar-refractivity contribution in [1.29, 1.82) is 0 Å². The predicted octanol–water partition coefficient (Wildman–Crippen LogP) is 2.76. The van der Waals surface area contributed by atoms with Gasteiger partial charge in [0.2, 0.25) is 17.7 Å². The van der Waals surface area contributed by atoms with Crippen molar-refractivity contribution in [2.75, 3.05) is 0 Å². The monoisotopic (exact) mass is 515 g/mol. The number of aromatic amines is 1. The molecule has 37 heavy (non-hydrogen) atoms. The zero-order valence-electron chi connectivity index (χ0n) is 22.8. The number of amides is 4. The Labute approximate surface area is 218 Å². The number of hydrogen-bond acceptors (Lipinski definition) is 5. The highest BCUT2D eigenvalue weighted by molar-refractivity contribution is 5.94. The highest BCUT2D eigenvalue weighted by atomic mass is 16.6. The second-order valence-corrected chi connectivity index (χ2v) is 11.1. The summed E-state index contributed by atoms with van der Waals surface area (Å²) < 4.78 is 5.37. The van der Waals surface area contributed by atoms with Crippen molar-refractivity contribution in [3.05, 3.63) is 36.0 Å². The fourth-order valence-electron chi connectivity index (χ4n) is 3.95. The van der Waals surface area contributed by atoms with Crippen LogP contribution in [-0.2, 0) is 25.5 Å². The van der Waals surface area contributed by atoms with E-state index in [1.165, 1.54) is 0 Å². The molecule has 6 N–H and O–H groups in total. The van der Waals surface area contributed by atoms with E-state index in [9.17, 15) is 19.2 Å². The first-order valence-corrected chi connectivity index (χ1v) is 12.6. The molecule has 10 heteroatoms. The van der Waals surface area contributed by atoms with Gasteiger partial charge in [0.05, 0.1) is 0 Å². The molecule has 0 saturated carbocycles. The van der Waals surface area contributed by atoms with Gasteiger partial charge >= 0.3 is 6.09 Å². The molecule has 0 aliphatic carbocycles. The molecule has 0 bridgehead atoms. The number of para-hydroxylation sites is 1. The third kappa shape index (κ3) is 9.11. The Morgan fingerprint density at radius 2 is 1.59 bits per heavy atom. The van der Waals surface area contributed by atoms with E-state index in [1.54, 1.807) is 40.8 Å². The quantitative estimate of drug-likeness (QED) is 0.311. The summed E-state index contributed by atoms with van der Waals surface area (Å²) in [7, 11) is 0. The van der Waals surface area contributed by atoms with Gasteiger partial charge in [-0.15, -0.1) is 0 Å². The third-order valence-electron chi connectivity index (χ3n) is 5.72. The molecule has 0 fully saturated rings. The number of benzene rings is 1. The maximum atomic E-state index is 13.5. The van der Waals surface area contributed by atoms with Gasteiger partial charge in [-0.3, -0.25) is 14.4 Å². The molecule has 0 radical (unpaired) electrons. The Balaban J connectivity index is 2.27. The van der Waals surface area contributed by atoms with Crippen LogP contribution in [-0.4, -0.2) is 52.5 Å². The third-order valence-corrected chi connectivity index (χ3v) is 5.72. The number of H-pyrrole nitrogens is 1. The zero-order chi connectivity index (χ0) is 27.9. The van der Waals surface area contributed by atoms with Crippen LogP contribution in [0.15, 0.2) is 30.5 Å². The zero-order valence-corrected chi connectivity index (χ0v) is 22.8. The van der Waals surface area contributed by atoms with Crippen molar-refractivity contribution in [3.63, 3.8) is 0 Å². The van der Waals surface area contributed by atoms with Crippen molar-refractivity contribution < 1.29 is 23.9 Å². The summed E-state index contributed by atoms with van der Waals surface area (Å²) in [6.45, 7) is 12.6. The summed E-state index contributed by atoms with van der Waals surface area (Å²) in [5.41, 5.74) is 6.44. The molecule has 1 aromatic carbocycles. The van der Waals surface area contributed by atoms with Gasteiger partial charge in [-0.1, -0.05) is 45.9 Å². The molecule has 0 saturated heterocycles. The van der Waals surface area contributed by atoms with E-state index in [-0.39, 0.29) is 18.3 Å². The molecular formula is C27H41N5O5. The van der Waals surface area contributed by atoms with E-state index in [1.807, 2.05) is 38.1 Å². The average Bonchev–Trinajstić information content (AvgIpc) is 3.17. The van der Waals surface area contributed by atoms with E-state index in [0.29, 0.717) is 6.42 Å². The number of hydrogen-bond donors (Lipinski definition) is 5. The molecular weight excluding hydrogens is 474 g/mol. The summed E-state index contributed by atoms with van der Waals surface area (Å²) in [5.74, 6) is -1.88. The van der Waals surface area contributed by atoms with Gasteiger partial charge in [0.25, 0.3) is 0 Å². The molecule has 2 aromatic rings. The summed E-state index contributed by atoms with van der Waals surface area (Å²) in [6.07, 6.45) is 1.59. The Bertz CT molecular complexity index is 1100. The summed E-state index contributed by atoms with van der Waals surface area (Å²) in [5, 5.41) is 9.00. The van der Waals surface area contributed by atoms with Gasteiger partial charge in [0.1, 0.15) is 23.7 Å². The number of ether oxygens (including phenoxy) is 1. The van der Waals surface area contributed by atoms with Gasteiger partial charge in [-0.25, -0.2) is 4.79 Å². The lowest BCUT2D eigenvalue weighted by atomic mass is 9.99. The SMILES string of the molecule is CC(C)C[C@H](NC(=O)[C@H](NC(=O)[C@@H](Cc1c[nH]c2ccccc12)NC(=O)OC(C)(C)C)C(C)C)C(N)=O. The van der Waals surface area contributed by atoms with Crippen molar-refractivity contribution in [2.45, 2.75) is 85.0 Å². The summed E-state index contributed by atoms with van der Waals surface area (Å²) >= 11 is 0. The molecule has 1 aromatic heterocycles. The second kappa shape index (κ2) is 12.6. The molecule has 10 nitrogen and oxygen atoms in total. The minimum absolute atomic E-state index is 0.128. The van der Waals surface area contributed by atoms with Crippen LogP contribution in [0.1, 0.15) is 60.5 Å². The Morgan fingerprint density at radius 1 is 0.946 bits per heavy atom. The van der Waals surface area contributed by atoms with Crippen molar-refractivity contribution in [3.8, 4) is 0 Å². The van der Waals surface area contributed by atoms with Gasteiger partial charge in [0.15, 0.2) is 0 Å². The smallest absolute Gasteiger partial charge is 0.408 e. The topological polar surface area (TPSA) is 155 Å². The number of nitrogens with one attached hydrogen (secondary N) is 4. The molecule has 1 heterocycles. The summed E-state index contributed by atoms with van der Waals surface area (Å²) in [4.78, 5) is 54.2. The van der Waals surface area contributed by atoms with Crippen LogP contribution in [0.2, 0.25) is 0 Å². The standard InChI is InChI=1S/C27H41N5O5/c1-15(2)12-20(23(28)33)30-25(35)22(16(3)4)32-24(34)21(31-26(36)37-27(5,6)7)13-17-14-29-19-11-9-8-10-18(17)19/h8-11,14-16,20-22,29H,12-13H2,1-7H3,(H2,28,33)(H,30,35)(H,31,36)(H,32,34)/t20-,21+,22+/m0/s1. The predicted molar refractivity (Wildman–Crippen MR) is 143 cm³/mol. The normalized spacial score (nSPS) is 14.2. The first kappa shape index (κ1) is 29.7. The van der Waals surface area contributed by atoms with E-state index in [0.717, 1.165) is 16.5 Å². The van der Waals surface area contributed by atoms with E-state index < -0.39 is 47.5 Å². The van der Waals surface area contributed by atoms with E-state index in [2.05, 4.69) is 20.9 Å². The van der Waals surface area contributed by atoms with Crippen LogP contribution >= 0.6 is 0 Å². The van der Waals surface area contributed by atoms with Gasteiger partial charge in [-0.2, -0.15) is 0 Å². The Hall–Kier alpha value is -3.56. The molecule has 0 aliphatic heterocycles. The van der Waals surface area contributed by atoms with Crippen LogP contribution in [0.25, 0.3) is 10.9 Å². The van der Waals surface area contributed by atoms with Crippen LogP contribution in [0.3, 0.4) is 0 Å². The molecule has 0 unspecified atom stereocenters. The molecule has 0 aliphatic rings. The Kier molecular flexibility index (Phi) is 10.1. The minimum Gasteiger partial charge on any atom is -0.444 e. The number of carbonyl (C=O) groups is 4. The molecule has 3 atom stereocenters. The van der Waals surface area contributed by atoms with Crippen molar-refractivity contribution in [1.82, 2.24) is 20.9 Å². The first-order valence-electron chi connectivity index (χ1n) is 12.6. The fraction of sp³-hybridized carbons (Fsp3) is 0.556. The minimum atomic E-state index is -1.02. The van der Waals surface area contributed by atoms with E-state index in [4.69, 9.17) is 10.5 Å². The lowest BCUT2D eigenvalue weighted by Crippen LogP contribution is -2.58. The largest absolute Gasteiger partial charge is 0.444 e. The number of rotatable bonds is 11. The number of aromatic nitrogens is 1. The molecule has 204 valence electrons. The lowest BCUT2D eigenvalue weighted by molar-refractivity contribution is -0.133. The van der Waals surface area contributed by atoms with Crippen molar-refractivity contribution >= 4 is 34.7 Å². The second-order valence-electron chi connectivity index (χ2n) is 11.1. The lowest BCUT2D eigenvalue weighted by Gasteiger charge is -2.28. The van der Waals surface area contributed by atoms with Gasteiger partial charge < -0.3 is 31.4 Å². The number of fused-ring (bicyclic) bond motifs is 1. The first-order chi connectivity index (χ1) is 17.2. The number of alkyl carbamates (subject to hydrolysis) is 1. The highest BCUT2D eigenvalue weighted by Crippen LogP contribution is 2.20.